The molecule has 6 heteroatoms. The van der Waals surface area contributed by atoms with Gasteiger partial charge in [0.1, 0.15) is 30.8 Å². The molecule has 0 saturated heterocycles. The Morgan fingerprint density at radius 2 is 1.61 bits per heavy atom. The number of aromatic nitrogens is 4. The first-order valence-corrected chi connectivity index (χ1v) is 20.1. The van der Waals surface area contributed by atoms with Gasteiger partial charge in [-0.2, -0.15) is 4.57 Å². The van der Waals surface area contributed by atoms with E-state index in [4.69, 9.17) is 9.97 Å². The first-order chi connectivity index (χ1) is 26.2. The van der Waals surface area contributed by atoms with Gasteiger partial charge in [0.05, 0.1) is 17.5 Å². The summed E-state index contributed by atoms with van der Waals surface area (Å²) in [5, 5.41) is 0. The molecule has 2 aromatic heterocycles. The third kappa shape index (κ3) is 4.67. The molecule has 4 aromatic carbocycles. The summed E-state index contributed by atoms with van der Waals surface area (Å²) in [6.45, 7) is 19.7. The van der Waals surface area contributed by atoms with Crippen LogP contribution < -0.4 is 14.4 Å². The number of para-hydroxylation sites is 3. The van der Waals surface area contributed by atoms with Gasteiger partial charge in [-0.25, -0.2) is 14.5 Å². The molecule has 0 aliphatic carbocycles. The Labute approximate surface area is 321 Å². The van der Waals surface area contributed by atoms with E-state index >= 15 is 0 Å². The average molecular weight is 714 g/mol. The minimum Gasteiger partial charge on any atom is -0.301 e. The molecule has 0 spiro atoms. The lowest BCUT2D eigenvalue weighted by atomic mass is 9.54. The molecule has 6 aromatic rings. The van der Waals surface area contributed by atoms with Gasteiger partial charge in [0.15, 0.2) is 11.6 Å². The highest BCUT2D eigenvalue weighted by Gasteiger charge is 2.64. The summed E-state index contributed by atoms with van der Waals surface area (Å²) >= 11 is 0. The van der Waals surface area contributed by atoms with Crippen molar-refractivity contribution in [1.29, 1.82) is 0 Å². The molecule has 6 nitrogen and oxygen atoms in total. The number of aryl methyl sites for hydroxylation is 2. The second-order valence-corrected chi connectivity index (χ2v) is 16.4. The van der Waals surface area contributed by atoms with Crippen molar-refractivity contribution in [3.8, 4) is 17.1 Å². The molecule has 274 valence electrons. The maximum Gasteiger partial charge on any atom is 0.294 e. The molecule has 0 amide bonds. The molecule has 0 fully saturated rings. The van der Waals surface area contributed by atoms with E-state index in [-0.39, 0.29) is 22.9 Å². The van der Waals surface area contributed by atoms with Gasteiger partial charge in [-0.15, -0.1) is 0 Å². The molecule has 3 aliphatic rings. The van der Waals surface area contributed by atoms with Crippen molar-refractivity contribution in [2.45, 2.75) is 105 Å². The molecule has 9 rings (SSSR count). The first-order valence-electron chi connectivity index (χ1n) is 20.1. The molecule has 0 N–H and O–H groups in total. The molecular weight excluding hydrogens is 661 g/mol. The molecule has 5 heterocycles. The van der Waals surface area contributed by atoms with Crippen LogP contribution in [0.15, 0.2) is 110 Å². The normalized spacial score (nSPS) is 20.5. The standard InChI is InChI=1S/C48H53N6/c1-9-35-29-49-43-44(50-35)53(36-18-13-12-14-19-36)46-48(10-2,11-3)47(8,40-22-15-16-23-41(40)54(43)46)30-51-26-27-52-42-37(31(4)5)20-17-21-38(42)33(7)34-25-24-32(6)39(28-34)45(51)52/h12-29,31,33,46H,9-11,30H2,1-8H3/q+1. The minimum absolute atomic E-state index is 0.0268. The van der Waals surface area contributed by atoms with Crippen LogP contribution in [0.4, 0.5) is 23.0 Å². The maximum atomic E-state index is 5.35. The van der Waals surface area contributed by atoms with Crippen LogP contribution >= 0.6 is 0 Å². The fourth-order valence-corrected chi connectivity index (χ4v) is 10.6. The largest absolute Gasteiger partial charge is 0.301 e. The second kappa shape index (κ2) is 12.7. The summed E-state index contributed by atoms with van der Waals surface area (Å²) in [5.74, 6) is 3.83. The van der Waals surface area contributed by atoms with Gasteiger partial charge in [0.2, 0.25) is 0 Å². The number of fused-ring (bicyclic) bond motifs is 11. The third-order valence-electron chi connectivity index (χ3n) is 13.6. The Bertz CT molecular complexity index is 2390. The summed E-state index contributed by atoms with van der Waals surface area (Å²) in [7, 11) is 0. The van der Waals surface area contributed by atoms with Crippen molar-refractivity contribution in [3.05, 3.63) is 143 Å². The second-order valence-electron chi connectivity index (χ2n) is 16.4. The molecule has 2 bridgehead atoms. The Morgan fingerprint density at radius 3 is 2.35 bits per heavy atom. The molecular formula is C48H53N6+. The van der Waals surface area contributed by atoms with Gasteiger partial charge in [-0.3, -0.25) is 0 Å². The number of benzene rings is 4. The lowest BCUT2D eigenvalue weighted by Crippen LogP contribution is -2.66. The van der Waals surface area contributed by atoms with Crippen molar-refractivity contribution in [3.63, 3.8) is 0 Å². The Kier molecular flexibility index (Phi) is 8.11. The lowest BCUT2D eigenvalue weighted by Gasteiger charge is -2.59. The Hall–Kier alpha value is -5.23. The molecule has 3 aliphatic heterocycles. The quantitative estimate of drug-likeness (QED) is 0.154. The highest BCUT2D eigenvalue weighted by molar-refractivity contribution is 5.87. The van der Waals surface area contributed by atoms with E-state index in [1.54, 1.807) is 0 Å². The summed E-state index contributed by atoms with van der Waals surface area (Å²) < 4.78 is 5.12. The van der Waals surface area contributed by atoms with Crippen LogP contribution in [0.3, 0.4) is 0 Å². The summed E-state index contributed by atoms with van der Waals surface area (Å²) in [5.41, 5.74) is 12.4. The predicted molar refractivity (Wildman–Crippen MR) is 220 cm³/mol. The van der Waals surface area contributed by atoms with Crippen LogP contribution in [-0.2, 0) is 18.4 Å². The third-order valence-corrected chi connectivity index (χ3v) is 13.6. The molecule has 3 atom stereocenters. The van der Waals surface area contributed by atoms with Gasteiger partial charge in [0.25, 0.3) is 5.82 Å². The van der Waals surface area contributed by atoms with Gasteiger partial charge in [-0.1, -0.05) is 115 Å². The summed E-state index contributed by atoms with van der Waals surface area (Å²) in [6, 6.07) is 34.1. The van der Waals surface area contributed by atoms with Crippen molar-refractivity contribution < 1.29 is 4.57 Å². The van der Waals surface area contributed by atoms with Gasteiger partial charge in [0, 0.05) is 39.2 Å². The lowest BCUT2D eigenvalue weighted by molar-refractivity contribution is -0.696. The minimum atomic E-state index is -0.286. The number of anilines is 4. The first kappa shape index (κ1) is 34.5. The SMILES string of the molecule is CCc1cnc2c(n1)N(c1ccccc1)C1N2c2ccccc2C(C)(C[n+]2ccn3c2-c2cc(ccc2C)C(C)c2cccc(C(C)C)c2-3)C1(CC)CC. The fraction of sp³-hybridized carbons (Fsp3) is 0.354. The van der Waals surface area contributed by atoms with Crippen molar-refractivity contribution in [2.24, 2.45) is 5.41 Å². The molecule has 3 unspecified atom stereocenters. The van der Waals surface area contributed by atoms with Gasteiger partial charge >= 0.3 is 0 Å². The number of hydrogen-bond donors (Lipinski definition) is 0. The molecule has 0 saturated carbocycles. The van der Waals surface area contributed by atoms with Crippen LogP contribution in [0.5, 0.6) is 0 Å². The smallest absolute Gasteiger partial charge is 0.294 e. The number of nitrogens with zero attached hydrogens (tertiary/aromatic N) is 6. The zero-order valence-corrected chi connectivity index (χ0v) is 33.1. The number of rotatable bonds is 7. The van der Waals surface area contributed by atoms with Crippen LogP contribution in [0, 0.1) is 12.3 Å². The zero-order chi connectivity index (χ0) is 37.5. The Balaban J connectivity index is 1.31. The van der Waals surface area contributed by atoms with E-state index in [9.17, 15) is 0 Å². The summed E-state index contributed by atoms with van der Waals surface area (Å²) in [4.78, 5) is 15.6. The van der Waals surface area contributed by atoms with Crippen molar-refractivity contribution in [1.82, 2.24) is 14.5 Å². The topological polar surface area (TPSA) is 41.1 Å². The van der Waals surface area contributed by atoms with Crippen LogP contribution in [0.2, 0.25) is 0 Å². The molecule has 0 radical (unpaired) electrons. The monoisotopic (exact) mass is 713 g/mol. The number of hydrogen-bond acceptors (Lipinski definition) is 4. The highest BCUT2D eigenvalue weighted by Crippen LogP contribution is 2.64. The van der Waals surface area contributed by atoms with Gasteiger partial charge < -0.3 is 9.80 Å². The maximum absolute atomic E-state index is 5.35. The average Bonchev–Trinajstić information content (AvgIpc) is 3.76. The predicted octanol–water partition coefficient (Wildman–Crippen LogP) is 11.1. The van der Waals surface area contributed by atoms with Crippen molar-refractivity contribution in [2.75, 3.05) is 9.80 Å². The van der Waals surface area contributed by atoms with Crippen LogP contribution in [0.1, 0.15) is 107 Å². The summed E-state index contributed by atoms with van der Waals surface area (Å²) in [6.07, 6.45) is 9.47. The van der Waals surface area contributed by atoms with Gasteiger partial charge in [-0.05, 0) is 73.1 Å². The number of imidazole rings is 1. The van der Waals surface area contributed by atoms with E-state index in [1.165, 1.54) is 50.6 Å². The van der Waals surface area contributed by atoms with E-state index in [2.05, 4.69) is 178 Å². The molecule has 54 heavy (non-hydrogen) atoms. The van der Waals surface area contributed by atoms with E-state index < -0.39 is 0 Å². The van der Waals surface area contributed by atoms with Crippen molar-refractivity contribution >= 4 is 23.0 Å². The van der Waals surface area contributed by atoms with E-state index in [1.807, 2.05) is 6.20 Å². The zero-order valence-electron chi connectivity index (χ0n) is 33.1. The Morgan fingerprint density at radius 1 is 0.852 bits per heavy atom. The highest BCUT2D eigenvalue weighted by atomic mass is 15.5. The van der Waals surface area contributed by atoms with Crippen LogP contribution in [-0.4, -0.2) is 20.7 Å². The van der Waals surface area contributed by atoms with E-state index in [0.29, 0.717) is 5.92 Å². The fourth-order valence-electron chi connectivity index (χ4n) is 10.6. The van der Waals surface area contributed by atoms with E-state index in [0.717, 1.165) is 48.8 Å². The van der Waals surface area contributed by atoms with Crippen LogP contribution in [0.25, 0.3) is 17.1 Å².